The molecular formula is C8H5Br5. The van der Waals surface area contributed by atoms with E-state index in [1.54, 1.807) is 0 Å². The van der Waals surface area contributed by atoms with Crippen molar-refractivity contribution in [3.05, 3.63) is 29.0 Å². The second-order valence-corrected chi connectivity index (χ2v) is 6.23. The van der Waals surface area contributed by atoms with Gasteiger partial charge in [0.1, 0.15) is 0 Å². The third-order valence-electron chi connectivity index (χ3n) is 1.71. The van der Waals surface area contributed by atoms with Gasteiger partial charge in [-0.25, -0.2) is 0 Å². The standard InChI is InChI=1S/C8H5Br5/c1-3-5(10)4(2-9)7(12)8(13)6(3)11/h2H2,1H3. The summed E-state index contributed by atoms with van der Waals surface area (Å²) in [5, 5.41) is 0.820. The van der Waals surface area contributed by atoms with Gasteiger partial charge in [0, 0.05) is 23.2 Å². The van der Waals surface area contributed by atoms with Crippen LogP contribution in [0.15, 0.2) is 17.9 Å². The molecule has 1 aromatic carbocycles. The summed E-state index contributed by atoms with van der Waals surface area (Å²) in [5.41, 5.74) is 2.41. The van der Waals surface area contributed by atoms with Gasteiger partial charge in [0.15, 0.2) is 0 Å². The molecule has 0 unspecified atom stereocenters. The molecule has 0 bridgehead atoms. The summed E-state index contributed by atoms with van der Waals surface area (Å²) in [7, 11) is 0. The zero-order valence-electron chi connectivity index (χ0n) is 6.60. The number of benzene rings is 1. The molecule has 0 aliphatic heterocycles. The van der Waals surface area contributed by atoms with E-state index in [0.29, 0.717) is 0 Å². The van der Waals surface area contributed by atoms with Crippen molar-refractivity contribution in [1.29, 1.82) is 0 Å². The first-order chi connectivity index (χ1) is 6.00. The highest BCUT2D eigenvalue weighted by atomic mass is 79.9. The summed E-state index contributed by atoms with van der Waals surface area (Å²) in [6.45, 7) is 2.07. The Labute approximate surface area is 119 Å². The van der Waals surface area contributed by atoms with Gasteiger partial charge in [-0.05, 0) is 65.8 Å². The molecule has 13 heavy (non-hydrogen) atoms. The first-order valence-corrected chi connectivity index (χ1v) is 7.67. The van der Waals surface area contributed by atoms with Crippen molar-refractivity contribution in [2.45, 2.75) is 12.3 Å². The summed E-state index contributed by atoms with van der Waals surface area (Å²) < 4.78 is 4.35. The lowest BCUT2D eigenvalue weighted by Crippen LogP contribution is -1.91. The smallest absolute Gasteiger partial charge is 0.0466 e. The van der Waals surface area contributed by atoms with Crippen molar-refractivity contribution in [2.24, 2.45) is 0 Å². The number of hydrogen-bond acceptors (Lipinski definition) is 0. The first kappa shape index (κ1) is 12.7. The van der Waals surface area contributed by atoms with E-state index >= 15 is 0 Å². The van der Waals surface area contributed by atoms with Crippen LogP contribution in [0.4, 0.5) is 0 Å². The molecule has 0 N–H and O–H groups in total. The molecule has 1 rings (SSSR count). The quantitative estimate of drug-likeness (QED) is 0.254. The van der Waals surface area contributed by atoms with Gasteiger partial charge in [0.05, 0.1) is 0 Å². The van der Waals surface area contributed by atoms with Crippen LogP contribution < -0.4 is 0 Å². The fourth-order valence-electron chi connectivity index (χ4n) is 0.930. The van der Waals surface area contributed by atoms with E-state index in [2.05, 4.69) is 86.6 Å². The van der Waals surface area contributed by atoms with Crippen LogP contribution in [-0.2, 0) is 5.33 Å². The van der Waals surface area contributed by atoms with E-state index in [-0.39, 0.29) is 0 Å². The highest BCUT2D eigenvalue weighted by Crippen LogP contribution is 2.42. The number of rotatable bonds is 1. The molecule has 0 aliphatic carbocycles. The van der Waals surface area contributed by atoms with Crippen molar-refractivity contribution in [3.8, 4) is 0 Å². The van der Waals surface area contributed by atoms with E-state index in [1.165, 1.54) is 11.1 Å². The molecule has 0 radical (unpaired) electrons. The molecule has 5 heteroatoms. The maximum absolute atomic E-state index is 3.57. The lowest BCUT2D eigenvalue weighted by Gasteiger charge is -2.12. The van der Waals surface area contributed by atoms with Crippen molar-refractivity contribution < 1.29 is 0 Å². The molecular weight excluding hydrogens is 496 g/mol. The van der Waals surface area contributed by atoms with E-state index in [9.17, 15) is 0 Å². The van der Waals surface area contributed by atoms with Gasteiger partial charge in [-0.3, -0.25) is 0 Å². The molecule has 0 atom stereocenters. The zero-order valence-corrected chi connectivity index (χ0v) is 14.5. The van der Waals surface area contributed by atoms with Crippen molar-refractivity contribution in [3.63, 3.8) is 0 Å². The number of hydrogen-bond donors (Lipinski definition) is 0. The van der Waals surface area contributed by atoms with E-state index < -0.39 is 0 Å². The van der Waals surface area contributed by atoms with Gasteiger partial charge >= 0.3 is 0 Å². The summed E-state index contributed by atoms with van der Waals surface area (Å²) >= 11 is 17.6. The number of alkyl halides is 1. The minimum absolute atomic E-state index is 0.820. The summed E-state index contributed by atoms with van der Waals surface area (Å²) in [4.78, 5) is 0. The molecule has 0 amide bonds. The number of halogens is 5. The average Bonchev–Trinajstić information content (AvgIpc) is 2.13. The van der Waals surface area contributed by atoms with Crippen molar-refractivity contribution in [1.82, 2.24) is 0 Å². The summed E-state index contributed by atoms with van der Waals surface area (Å²) in [5.74, 6) is 0. The third kappa shape index (κ3) is 2.41. The summed E-state index contributed by atoms with van der Waals surface area (Å²) in [6.07, 6.45) is 0. The third-order valence-corrected chi connectivity index (χ3v) is 7.07. The minimum atomic E-state index is 0.820. The molecule has 0 saturated carbocycles. The second-order valence-electron chi connectivity index (χ2n) is 2.49. The fourth-order valence-corrected chi connectivity index (χ4v) is 5.05. The molecule has 1 aromatic rings. The van der Waals surface area contributed by atoms with Crippen LogP contribution in [-0.4, -0.2) is 0 Å². The topological polar surface area (TPSA) is 0 Å². The van der Waals surface area contributed by atoms with Crippen LogP contribution >= 0.6 is 79.6 Å². The Bertz CT molecular complexity index is 316. The first-order valence-electron chi connectivity index (χ1n) is 3.38. The molecule has 0 heterocycles. The van der Waals surface area contributed by atoms with Crippen LogP contribution in [0.25, 0.3) is 0 Å². The van der Waals surface area contributed by atoms with Crippen molar-refractivity contribution in [2.75, 3.05) is 0 Å². The SMILES string of the molecule is Cc1c(Br)c(Br)c(Br)c(CBr)c1Br. The molecule has 0 aliphatic rings. The van der Waals surface area contributed by atoms with Crippen LogP contribution in [0, 0.1) is 6.92 Å². The van der Waals surface area contributed by atoms with E-state index in [1.807, 2.05) is 0 Å². The maximum Gasteiger partial charge on any atom is 0.0466 e. The zero-order chi connectivity index (χ0) is 10.2. The van der Waals surface area contributed by atoms with Crippen LogP contribution in [0.5, 0.6) is 0 Å². The monoisotopic (exact) mass is 496 g/mol. The van der Waals surface area contributed by atoms with Gasteiger partial charge in [0.25, 0.3) is 0 Å². The van der Waals surface area contributed by atoms with Gasteiger partial charge in [0.2, 0.25) is 0 Å². The van der Waals surface area contributed by atoms with Gasteiger partial charge in [-0.1, -0.05) is 31.9 Å². The molecule has 0 fully saturated rings. The maximum atomic E-state index is 3.57. The lowest BCUT2D eigenvalue weighted by molar-refractivity contribution is 1.26. The van der Waals surface area contributed by atoms with Crippen LogP contribution in [0.1, 0.15) is 11.1 Å². The Kier molecular flexibility index (Phi) is 4.98. The van der Waals surface area contributed by atoms with Gasteiger partial charge < -0.3 is 0 Å². The minimum Gasteiger partial charge on any atom is -0.0875 e. The highest BCUT2D eigenvalue weighted by molar-refractivity contribution is 9.14. The highest BCUT2D eigenvalue weighted by Gasteiger charge is 2.14. The molecule has 0 nitrogen and oxygen atoms in total. The van der Waals surface area contributed by atoms with E-state index in [0.717, 1.165) is 23.2 Å². The Morgan fingerprint density at radius 1 is 0.846 bits per heavy atom. The summed E-state index contributed by atoms with van der Waals surface area (Å²) in [6, 6.07) is 0. The van der Waals surface area contributed by atoms with Crippen molar-refractivity contribution >= 4 is 79.6 Å². The average molecular weight is 501 g/mol. The normalized spacial score (nSPS) is 10.6. The van der Waals surface area contributed by atoms with Gasteiger partial charge in [-0.2, -0.15) is 0 Å². The van der Waals surface area contributed by atoms with Crippen LogP contribution in [0.3, 0.4) is 0 Å². The lowest BCUT2D eigenvalue weighted by atomic mass is 10.2. The van der Waals surface area contributed by atoms with Gasteiger partial charge in [-0.15, -0.1) is 0 Å². The Hall–Kier alpha value is 1.62. The molecule has 0 spiro atoms. The van der Waals surface area contributed by atoms with Crippen LogP contribution in [0.2, 0.25) is 0 Å². The molecule has 0 saturated heterocycles. The molecule has 72 valence electrons. The van der Waals surface area contributed by atoms with E-state index in [4.69, 9.17) is 0 Å². The Morgan fingerprint density at radius 3 is 1.85 bits per heavy atom. The largest absolute Gasteiger partial charge is 0.0875 e. The second kappa shape index (κ2) is 5.10. The predicted molar refractivity (Wildman–Crippen MR) is 74.6 cm³/mol. The Balaban J connectivity index is 3.56. The Morgan fingerprint density at radius 2 is 1.38 bits per heavy atom. The fraction of sp³-hybridized carbons (Fsp3) is 0.250. The molecule has 0 aromatic heterocycles. The predicted octanol–water partition coefficient (Wildman–Crippen LogP) is 5.94.